The van der Waals surface area contributed by atoms with E-state index in [2.05, 4.69) is 49.1 Å². The first-order valence-corrected chi connectivity index (χ1v) is 5.50. The van der Waals surface area contributed by atoms with Crippen LogP contribution in [0.4, 0.5) is 0 Å². The molecule has 88 valence electrons. The number of nitriles is 1. The van der Waals surface area contributed by atoms with Crippen molar-refractivity contribution in [3.8, 4) is 6.07 Å². The maximum Gasteiger partial charge on any atom is 0.108 e. The summed E-state index contributed by atoms with van der Waals surface area (Å²) in [6.45, 7) is 7.13. The molecule has 4 heteroatoms. The normalized spacial score (nSPS) is 15.3. The molecule has 0 amide bonds. The van der Waals surface area contributed by atoms with Gasteiger partial charge in [-0.3, -0.25) is 4.90 Å². The van der Waals surface area contributed by atoms with Crippen LogP contribution in [-0.2, 0) is 0 Å². The van der Waals surface area contributed by atoms with E-state index in [0.29, 0.717) is 6.04 Å². The lowest BCUT2D eigenvalue weighted by atomic mass is 10.2. The molecule has 0 aromatic rings. The van der Waals surface area contributed by atoms with E-state index in [1.165, 1.54) is 0 Å². The number of hydrogen-bond donors (Lipinski definition) is 1. The fourth-order valence-electron chi connectivity index (χ4n) is 1.70. The minimum Gasteiger partial charge on any atom is -0.308 e. The molecule has 0 spiro atoms. The van der Waals surface area contributed by atoms with Gasteiger partial charge in [-0.05, 0) is 34.6 Å². The van der Waals surface area contributed by atoms with Crippen LogP contribution in [-0.4, -0.2) is 62.7 Å². The van der Waals surface area contributed by atoms with Crippen LogP contribution < -0.4 is 5.32 Å². The van der Waals surface area contributed by atoms with E-state index in [1.807, 2.05) is 7.05 Å². The molecule has 2 atom stereocenters. The van der Waals surface area contributed by atoms with Crippen molar-refractivity contribution in [2.75, 3.05) is 40.8 Å². The molecule has 0 rings (SSSR count). The molecular weight excluding hydrogens is 188 g/mol. The first kappa shape index (κ1) is 14.4. The van der Waals surface area contributed by atoms with E-state index in [9.17, 15) is 0 Å². The highest BCUT2D eigenvalue weighted by molar-refractivity contribution is 4.91. The van der Waals surface area contributed by atoms with Crippen LogP contribution in [0.2, 0.25) is 0 Å². The van der Waals surface area contributed by atoms with Crippen LogP contribution >= 0.6 is 0 Å². The smallest absolute Gasteiger partial charge is 0.108 e. The standard InChI is InChI=1S/C11H24N4/c1-6-15(9-11(7-12)13-3)10(2)8-14(4)5/h10-11,13H,6,8-9H2,1-5H3. The van der Waals surface area contributed by atoms with Crippen molar-refractivity contribution >= 4 is 0 Å². The van der Waals surface area contributed by atoms with Gasteiger partial charge in [0, 0.05) is 19.1 Å². The summed E-state index contributed by atoms with van der Waals surface area (Å²) in [5, 5.41) is 11.9. The molecule has 0 aliphatic heterocycles. The molecular formula is C11H24N4. The fourth-order valence-corrected chi connectivity index (χ4v) is 1.70. The van der Waals surface area contributed by atoms with Crippen molar-refractivity contribution in [1.29, 1.82) is 5.26 Å². The maximum absolute atomic E-state index is 8.88. The van der Waals surface area contributed by atoms with Gasteiger partial charge in [-0.2, -0.15) is 5.26 Å². The van der Waals surface area contributed by atoms with Crippen LogP contribution in [0.15, 0.2) is 0 Å². The van der Waals surface area contributed by atoms with E-state index < -0.39 is 0 Å². The molecule has 0 saturated heterocycles. The average molecular weight is 212 g/mol. The van der Waals surface area contributed by atoms with Crippen LogP contribution in [0.25, 0.3) is 0 Å². The highest BCUT2D eigenvalue weighted by Gasteiger charge is 2.16. The quantitative estimate of drug-likeness (QED) is 0.662. The molecule has 0 fully saturated rings. The largest absolute Gasteiger partial charge is 0.308 e. The highest BCUT2D eigenvalue weighted by Crippen LogP contribution is 2.01. The second kappa shape index (κ2) is 7.63. The van der Waals surface area contributed by atoms with Gasteiger partial charge < -0.3 is 10.2 Å². The van der Waals surface area contributed by atoms with Crippen molar-refractivity contribution < 1.29 is 0 Å². The van der Waals surface area contributed by atoms with E-state index >= 15 is 0 Å². The van der Waals surface area contributed by atoms with Gasteiger partial charge in [-0.25, -0.2) is 0 Å². The molecule has 1 N–H and O–H groups in total. The third-order valence-electron chi connectivity index (χ3n) is 2.58. The molecule has 0 aliphatic carbocycles. The number of likely N-dealkylation sites (N-methyl/N-ethyl adjacent to an activating group) is 3. The monoisotopic (exact) mass is 212 g/mol. The van der Waals surface area contributed by atoms with Gasteiger partial charge in [0.2, 0.25) is 0 Å². The average Bonchev–Trinajstić information content (AvgIpc) is 2.18. The molecule has 0 heterocycles. The maximum atomic E-state index is 8.88. The second-order valence-electron chi connectivity index (χ2n) is 4.17. The lowest BCUT2D eigenvalue weighted by Gasteiger charge is -2.31. The van der Waals surface area contributed by atoms with Gasteiger partial charge in [0.05, 0.1) is 6.07 Å². The molecule has 0 aromatic heterocycles. The Kier molecular flexibility index (Phi) is 7.31. The minimum absolute atomic E-state index is 0.0745. The van der Waals surface area contributed by atoms with Crippen molar-refractivity contribution in [2.45, 2.75) is 25.9 Å². The summed E-state index contributed by atoms with van der Waals surface area (Å²) in [6.07, 6.45) is 0. The zero-order valence-electron chi connectivity index (χ0n) is 10.6. The van der Waals surface area contributed by atoms with Crippen molar-refractivity contribution in [1.82, 2.24) is 15.1 Å². The second-order valence-corrected chi connectivity index (χ2v) is 4.17. The lowest BCUT2D eigenvalue weighted by molar-refractivity contribution is 0.175. The molecule has 0 aliphatic rings. The Morgan fingerprint density at radius 3 is 2.27 bits per heavy atom. The van der Waals surface area contributed by atoms with Gasteiger partial charge in [0.15, 0.2) is 0 Å². The predicted octanol–water partition coefficient (Wildman–Crippen LogP) is 0.370. The van der Waals surface area contributed by atoms with Crippen LogP contribution in [0, 0.1) is 11.3 Å². The summed E-state index contributed by atoms with van der Waals surface area (Å²) in [4.78, 5) is 4.50. The predicted molar refractivity (Wildman–Crippen MR) is 63.7 cm³/mol. The third kappa shape index (κ3) is 5.73. The lowest BCUT2D eigenvalue weighted by Crippen LogP contribution is -2.46. The Bertz CT molecular complexity index is 197. The molecule has 0 saturated carbocycles. The fraction of sp³-hybridized carbons (Fsp3) is 0.909. The molecule has 15 heavy (non-hydrogen) atoms. The summed E-state index contributed by atoms with van der Waals surface area (Å²) in [6, 6.07) is 2.66. The van der Waals surface area contributed by atoms with E-state index in [-0.39, 0.29) is 6.04 Å². The molecule has 0 aromatic carbocycles. The Hall–Kier alpha value is -0.630. The van der Waals surface area contributed by atoms with Gasteiger partial charge in [-0.1, -0.05) is 6.92 Å². The number of nitrogens with one attached hydrogen (secondary N) is 1. The van der Waals surface area contributed by atoms with E-state index in [0.717, 1.165) is 19.6 Å². The van der Waals surface area contributed by atoms with Crippen molar-refractivity contribution in [3.05, 3.63) is 0 Å². The first-order chi connectivity index (χ1) is 7.04. The minimum atomic E-state index is -0.0745. The topological polar surface area (TPSA) is 42.3 Å². The van der Waals surface area contributed by atoms with Crippen LogP contribution in [0.1, 0.15) is 13.8 Å². The van der Waals surface area contributed by atoms with Crippen LogP contribution in [0.5, 0.6) is 0 Å². The third-order valence-corrected chi connectivity index (χ3v) is 2.58. The summed E-state index contributed by atoms with van der Waals surface area (Å²) >= 11 is 0. The van der Waals surface area contributed by atoms with E-state index in [4.69, 9.17) is 5.26 Å². The van der Waals surface area contributed by atoms with Crippen molar-refractivity contribution in [2.24, 2.45) is 0 Å². The number of nitrogens with zero attached hydrogens (tertiary/aromatic N) is 3. The summed E-state index contributed by atoms with van der Waals surface area (Å²) in [7, 11) is 5.98. The summed E-state index contributed by atoms with van der Waals surface area (Å²) in [5.41, 5.74) is 0. The number of rotatable bonds is 7. The molecule has 0 bridgehead atoms. The molecule has 0 radical (unpaired) electrons. The Balaban J connectivity index is 4.17. The highest BCUT2D eigenvalue weighted by atomic mass is 15.2. The zero-order chi connectivity index (χ0) is 11.8. The van der Waals surface area contributed by atoms with Gasteiger partial charge in [-0.15, -0.1) is 0 Å². The summed E-state index contributed by atoms with van der Waals surface area (Å²) < 4.78 is 0. The van der Waals surface area contributed by atoms with Gasteiger partial charge in [0.25, 0.3) is 0 Å². The molecule has 4 nitrogen and oxygen atoms in total. The molecule has 2 unspecified atom stereocenters. The summed E-state index contributed by atoms with van der Waals surface area (Å²) in [5.74, 6) is 0. The zero-order valence-corrected chi connectivity index (χ0v) is 10.6. The first-order valence-electron chi connectivity index (χ1n) is 5.50. The van der Waals surface area contributed by atoms with Crippen LogP contribution in [0.3, 0.4) is 0 Å². The Morgan fingerprint density at radius 1 is 1.33 bits per heavy atom. The van der Waals surface area contributed by atoms with Crippen molar-refractivity contribution in [3.63, 3.8) is 0 Å². The van der Waals surface area contributed by atoms with Gasteiger partial charge >= 0.3 is 0 Å². The van der Waals surface area contributed by atoms with E-state index in [1.54, 1.807) is 0 Å². The van der Waals surface area contributed by atoms with Gasteiger partial charge in [0.1, 0.15) is 6.04 Å². The SMILES string of the molecule is CCN(CC(C#N)NC)C(C)CN(C)C. The Morgan fingerprint density at radius 2 is 1.93 bits per heavy atom. The Labute approximate surface area is 93.9 Å². The number of hydrogen-bond acceptors (Lipinski definition) is 4.